The Labute approximate surface area is 185 Å². The first-order valence-electron chi connectivity index (χ1n) is 11.5. The number of benzene rings is 1. The second-order valence-electron chi connectivity index (χ2n) is 8.19. The van der Waals surface area contributed by atoms with Crippen LogP contribution in [0, 0.1) is 0 Å². The van der Waals surface area contributed by atoms with Crippen LogP contribution < -0.4 is 10.1 Å². The van der Waals surface area contributed by atoms with Crippen LogP contribution in [0.15, 0.2) is 29.3 Å². The van der Waals surface area contributed by atoms with Gasteiger partial charge in [0.1, 0.15) is 5.75 Å². The topological polar surface area (TPSA) is 80.6 Å². The van der Waals surface area contributed by atoms with Gasteiger partial charge >= 0.3 is 0 Å². The van der Waals surface area contributed by atoms with Crippen LogP contribution >= 0.6 is 0 Å². The highest BCUT2D eigenvalue weighted by atomic mass is 16.5. The van der Waals surface area contributed by atoms with Crippen molar-refractivity contribution in [3.63, 3.8) is 0 Å². The predicted molar refractivity (Wildman–Crippen MR) is 122 cm³/mol. The van der Waals surface area contributed by atoms with E-state index in [0.29, 0.717) is 13.1 Å². The minimum Gasteiger partial charge on any atom is -0.497 e. The third kappa shape index (κ3) is 6.83. The van der Waals surface area contributed by atoms with Crippen LogP contribution in [-0.4, -0.2) is 97.7 Å². The largest absolute Gasteiger partial charge is 0.497 e. The molecule has 2 heterocycles. The quantitative estimate of drug-likeness (QED) is 0.501. The Balaban J connectivity index is 1.50. The second-order valence-corrected chi connectivity index (χ2v) is 8.19. The summed E-state index contributed by atoms with van der Waals surface area (Å²) in [6.07, 6.45) is 2.83. The average Bonchev–Trinajstić information content (AvgIpc) is 2.82. The van der Waals surface area contributed by atoms with Gasteiger partial charge in [-0.05, 0) is 43.9 Å². The fourth-order valence-corrected chi connectivity index (χ4v) is 4.08. The van der Waals surface area contributed by atoms with Crippen LogP contribution in [0.2, 0.25) is 0 Å². The van der Waals surface area contributed by atoms with Gasteiger partial charge in [-0.2, -0.15) is 0 Å². The van der Waals surface area contributed by atoms with Crippen molar-refractivity contribution in [1.82, 2.24) is 20.0 Å². The van der Waals surface area contributed by atoms with Gasteiger partial charge in [0.15, 0.2) is 5.96 Å². The number of nitrogens with one attached hydrogen (secondary N) is 1. The molecule has 2 aliphatic heterocycles. The van der Waals surface area contributed by atoms with Gasteiger partial charge < -0.3 is 25.0 Å². The summed E-state index contributed by atoms with van der Waals surface area (Å²) in [6, 6.07) is 7.42. The molecule has 2 aliphatic rings. The minimum absolute atomic E-state index is 0.260. The number of hydrogen-bond acceptors (Lipinski definition) is 5. The van der Waals surface area contributed by atoms with Crippen LogP contribution in [0.4, 0.5) is 0 Å². The second kappa shape index (κ2) is 11.9. The molecule has 1 aromatic carbocycles. The molecule has 1 atom stereocenters. The number of guanidine groups is 1. The number of piperazine rings is 1. The van der Waals surface area contributed by atoms with Gasteiger partial charge in [-0.25, -0.2) is 0 Å². The van der Waals surface area contributed by atoms with E-state index in [9.17, 15) is 9.90 Å². The first-order chi connectivity index (χ1) is 15.1. The average molecular weight is 432 g/mol. The SMILES string of the molecule is CCNC(=NCC(O)c1ccc(OC)cc1)N1CCN(CC(=O)N2CCCCC2)CC1. The van der Waals surface area contributed by atoms with Crippen LogP contribution in [0.1, 0.15) is 37.9 Å². The van der Waals surface area contributed by atoms with Crippen molar-refractivity contribution >= 4 is 11.9 Å². The standard InChI is InChI=1S/C23H37N5O3/c1-3-24-23(25-17-21(29)19-7-9-20(31-2)10-8-19)28-15-13-26(14-16-28)18-22(30)27-11-5-4-6-12-27/h7-10,21,29H,3-6,11-18H2,1-2H3,(H,24,25). The van der Waals surface area contributed by atoms with E-state index in [2.05, 4.69) is 20.1 Å². The van der Waals surface area contributed by atoms with Gasteiger partial charge in [-0.3, -0.25) is 14.7 Å². The Morgan fingerprint density at radius 2 is 1.74 bits per heavy atom. The molecular weight excluding hydrogens is 394 g/mol. The molecule has 2 N–H and O–H groups in total. The molecular formula is C23H37N5O3. The lowest BCUT2D eigenvalue weighted by Gasteiger charge is -2.37. The van der Waals surface area contributed by atoms with Gasteiger partial charge in [0, 0.05) is 45.8 Å². The summed E-state index contributed by atoms with van der Waals surface area (Å²) < 4.78 is 5.17. The smallest absolute Gasteiger partial charge is 0.236 e. The number of ether oxygens (including phenoxy) is 1. The zero-order chi connectivity index (χ0) is 22.1. The Kier molecular flexibility index (Phi) is 8.97. The summed E-state index contributed by atoms with van der Waals surface area (Å²) in [6.45, 7) is 8.75. The van der Waals surface area contributed by atoms with E-state index in [1.807, 2.05) is 36.1 Å². The van der Waals surface area contributed by atoms with Gasteiger partial charge in [0.2, 0.25) is 5.91 Å². The van der Waals surface area contributed by atoms with Crippen molar-refractivity contribution in [2.24, 2.45) is 4.99 Å². The molecule has 0 radical (unpaired) electrons. The molecule has 8 heteroatoms. The summed E-state index contributed by atoms with van der Waals surface area (Å²) in [5.41, 5.74) is 0.821. The van der Waals surface area contributed by atoms with Crippen molar-refractivity contribution in [3.05, 3.63) is 29.8 Å². The maximum absolute atomic E-state index is 12.5. The highest BCUT2D eigenvalue weighted by molar-refractivity contribution is 5.80. The number of carbonyl (C=O) groups excluding carboxylic acids is 1. The fourth-order valence-electron chi connectivity index (χ4n) is 4.08. The van der Waals surface area contributed by atoms with E-state index in [0.717, 1.165) is 75.9 Å². The molecule has 0 aromatic heterocycles. The van der Waals surface area contributed by atoms with E-state index in [4.69, 9.17) is 4.74 Å². The lowest BCUT2D eigenvalue weighted by molar-refractivity contribution is -0.133. The molecule has 31 heavy (non-hydrogen) atoms. The van der Waals surface area contributed by atoms with Crippen molar-refractivity contribution in [1.29, 1.82) is 0 Å². The van der Waals surface area contributed by atoms with Gasteiger partial charge in [0.05, 0.1) is 26.3 Å². The van der Waals surface area contributed by atoms with E-state index >= 15 is 0 Å². The molecule has 0 aliphatic carbocycles. The summed E-state index contributed by atoms with van der Waals surface area (Å²) in [4.78, 5) is 23.7. The third-order valence-electron chi connectivity index (χ3n) is 5.99. The number of aliphatic hydroxyl groups excluding tert-OH is 1. The molecule has 0 spiro atoms. The van der Waals surface area contributed by atoms with Crippen molar-refractivity contribution < 1.29 is 14.6 Å². The Bertz CT molecular complexity index is 710. The number of rotatable bonds is 7. The molecule has 0 bridgehead atoms. The van der Waals surface area contributed by atoms with E-state index < -0.39 is 6.10 Å². The lowest BCUT2D eigenvalue weighted by atomic mass is 10.1. The number of amides is 1. The Morgan fingerprint density at radius 1 is 1.06 bits per heavy atom. The first-order valence-corrected chi connectivity index (χ1v) is 11.5. The molecule has 172 valence electrons. The number of carbonyl (C=O) groups is 1. The van der Waals surface area contributed by atoms with Crippen molar-refractivity contribution in [3.8, 4) is 5.75 Å². The summed E-state index contributed by atoms with van der Waals surface area (Å²) in [7, 11) is 1.63. The molecule has 1 unspecified atom stereocenters. The molecule has 1 amide bonds. The number of nitrogens with zero attached hydrogens (tertiary/aromatic N) is 4. The molecule has 0 saturated carbocycles. The van der Waals surface area contributed by atoms with Gasteiger partial charge in [0.25, 0.3) is 0 Å². The lowest BCUT2D eigenvalue weighted by Crippen LogP contribution is -2.54. The third-order valence-corrected chi connectivity index (χ3v) is 5.99. The Morgan fingerprint density at radius 3 is 2.35 bits per heavy atom. The summed E-state index contributed by atoms with van der Waals surface area (Å²) in [5, 5.41) is 13.9. The summed E-state index contributed by atoms with van der Waals surface area (Å²) >= 11 is 0. The highest BCUT2D eigenvalue weighted by Gasteiger charge is 2.24. The van der Waals surface area contributed by atoms with Gasteiger partial charge in [-0.15, -0.1) is 0 Å². The predicted octanol–water partition coefficient (Wildman–Crippen LogP) is 1.32. The molecule has 2 fully saturated rings. The number of methoxy groups -OCH3 is 1. The van der Waals surface area contributed by atoms with Gasteiger partial charge in [-0.1, -0.05) is 12.1 Å². The molecule has 3 rings (SSSR count). The molecule has 8 nitrogen and oxygen atoms in total. The zero-order valence-electron chi connectivity index (χ0n) is 18.9. The monoisotopic (exact) mass is 431 g/mol. The van der Waals surface area contributed by atoms with Crippen LogP contribution in [0.5, 0.6) is 5.75 Å². The Hall–Kier alpha value is -2.32. The number of aliphatic imine (C=N–C) groups is 1. The number of aliphatic hydroxyl groups is 1. The van der Waals surface area contributed by atoms with E-state index in [-0.39, 0.29) is 5.91 Å². The first kappa shape index (κ1) is 23.3. The van der Waals surface area contributed by atoms with Crippen LogP contribution in [0.3, 0.4) is 0 Å². The van der Waals surface area contributed by atoms with E-state index in [1.54, 1.807) is 7.11 Å². The number of piperidine rings is 1. The molecule has 2 saturated heterocycles. The normalized spacial score (nSPS) is 19.3. The van der Waals surface area contributed by atoms with E-state index in [1.165, 1.54) is 6.42 Å². The molecule has 1 aromatic rings. The maximum Gasteiger partial charge on any atom is 0.236 e. The zero-order valence-corrected chi connectivity index (χ0v) is 18.9. The van der Waals surface area contributed by atoms with Crippen molar-refractivity contribution in [2.45, 2.75) is 32.3 Å². The number of likely N-dealkylation sites (tertiary alicyclic amines) is 1. The summed E-state index contributed by atoms with van der Waals surface area (Å²) in [5.74, 6) is 1.85. The fraction of sp³-hybridized carbons (Fsp3) is 0.652. The maximum atomic E-state index is 12.5. The van der Waals surface area contributed by atoms with Crippen LogP contribution in [0.25, 0.3) is 0 Å². The minimum atomic E-state index is -0.664. The van der Waals surface area contributed by atoms with Crippen molar-refractivity contribution in [2.75, 3.05) is 66.0 Å². The number of hydrogen-bond donors (Lipinski definition) is 2. The highest BCUT2D eigenvalue weighted by Crippen LogP contribution is 2.18. The van der Waals surface area contributed by atoms with Crippen LogP contribution in [-0.2, 0) is 4.79 Å².